The van der Waals surface area contributed by atoms with Crippen molar-refractivity contribution in [2.24, 2.45) is 0 Å². The molecule has 0 spiro atoms. The molecule has 0 N–H and O–H groups in total. The summed E-state index contributed by atoms with van der Waals surface area (Å²) in [4.78, 5) is 14.9. The number of nitro groups is 1. The highest BCUT2D eigenvalue weighted by Gasteiger charge is 2.18. The normalized spacial score (nSPS) is 10.2. The van der Waals surface area contributed by atoms with E-state index in [4.69, 9.17) is 0 Å². The molecule has 0 aliphatic rings. The van der Waals surface area contributed by atoms with Crippen molar-refractivity contribution in [3.8, 4) is 5.69 Å². The third kappa shape index (κ3) is 1.84. The molecule has 2 heterocycles. The summed E-state index contributed by atoms with van der Waals surface area (Å²) in [6.45, 7) is 0. The van der Waals surface area contributed by atoms with Gasteiger partial charge in [-0.3, -0.25) is 0 Å². The maximum absolute atomic E-state index is 10.7. The monoisotopic (exact) mass is 269 g/mol. The average molecular weight is 270 g/mol. The lowest BCUT2D eigenvalue weighted by Crippen LogP contribution is -2.04. The SMILES string of the molecule is O=[N+]([O-])c1ncc(Br)cc1-n1nccn1. The van der Waals surface area contributed by atoms with Gasteiger partial charge in [-0.1, -0.05) is 0 Å². The predicted octanol–water partition coefficient (Wildman–Crippen LogP) is 1.33. The van der Waals surface area contributed by atoms with E-state index >= 15 is 0 Å². The first-order chi connectivity index (χ1) is 7.18. The van der Waals surface area contributed by atoms with Crippen molar-refractivity contribution >= 4 is 21.7 Å². The molecule has 0 amide bonds. The van der Waals surface area contributed by atoms with E-state index in [1.54, 1.807) is 0 Å². The molecule has 0 fully saturated rings. The highest BCUT2D eigenvalue weighted by molar-refractivity contribution is 9.10. The quantitative estimate of drug-likeness (QED) is 0.606. The van der Waals surface area contributed by atoms with Crippen LogP contribution in [-0.2, 0) is 0 Å². The Kier molecular flexibility index (Phi) is 2.42. The second-order valence-electron chi connectivity index (χ2n) is 2.57. The van der Waals surface area contributed by atoms with Crippen LogP contribution in [0, 0.1) is 10.1 Å². The Balaban J connectivity index is 2.63. The Morgan fingerprint density at radius 2 is 2.07 bits per heavy atom. The van der Waals surface area contributed by atoms with Crippen LogP contribution >= 0.6 is 15.9 Å². The fraction of sp³-hybridized carbons (Fsp3) is 0. The zero-order valence-electron chi connectivity index (χ0n) is 7.24. The molecule has 8 heteroatoms. The van der Waals surface area contributed by atoms with Crippen LogP contribution in [0.1, 0.15) is 0 Å². The summed E-state index contributed by atoms with van der Waals surface area (Å²) >= 11 is 3.18. The Morgan fingerprint density at radius 1 is 1.40 bits per heavy atom. The van der Waals surface area contributed by atoms with Gasteiger partial charge < -0.3 is 10.1 Å². The lowest BCUT2D eigenvalue weighted by atomic mass is 10.4. The van der Waals surface area contributed by atoms with E-state index in [9.17, 15) is 10.1 Å². The van der Waals surface area contributed by atoms with E-state index < -0.39 is 4.92 Å². The lowest BCUT2D eigenvalue weighted by Gasteiger charge is -2.00. The lowest BCUT2D eigenvalue weighted by molar-refractivity contribution is -0.389. The van der Waals surface area contributed by atoms with Gasteiger partial charge in [-0.15, -0.1) is 4.80 Å². The van der Waals surface area contributed by atoms with Gasteiger partial charge in [0.05, 0.1) is 16.9 Å². The molecule has 0 saturated carbocycles. The molecule has 0 unspecified atom stereocenters. The Bertz CT molecular complexity index is 498. The second-order valence-corrected chi connectivity index (χ2v) is 3.49. The minimum atomic E-state index is -0.578. The molecule has 0 aliphatic heterocycles. The molecule has 0 aromatic carbocycles. The molecule has 2 aromatic heterocycles. The fourth-order valence-corrected chi connectivity index (χ4v) is 1.37. The van der Waals surface area contributed by atoms with E-state index in [2.05, 4.69) is 31.1 Å². The number of hydrogen-bond acceptors (Lipinski definition) is 5. The number of nitrogens with zero attached hydrogens (tertiary/aromatic N) is 5. The molecule has 2 rings (SSSR count). The summed E-state index contributed by atoms with van der Waals surface area (Å²) < 4.78 is 0.625. The zero-order chi connectivity index (χ0) is 10.8. The summed E-state index contributed by atoms with van der Waals surface area (Å²) in [5.74, 6) is -0.283. The van der Waals surface area contributed by atoms with Gasteiger partial charge in [-0.25, -0.2) is 0 Å². The number of halogens is 1. The van der Waals surface area contributed by atoms with Crippen LogP contribution in [0.5, 0.6) is 0 Å². The van der Waals surface area contributed by atoms with Crippen molar-refractivity contribution < 1.29 is 4.92 Å². The number of pyridine rings is 1. The first-order valence-electron chi connectivity index (χ1n) is 3.85. The third-order valence-electron chi connectivity index (χ3n) is 1.62. The smallest absolute Gasteiger partial charge is 0.358 e. The van der Waals surface area contributed by atoms with Gasteiger partial charge in [0, 0.05) is 0 Å². The molecule has 0 saturated heterocycles. The highest BCUT2D eigenvalue weighted by atomic mass is 79.9. The molecule has 76 valence electrons. The topological polar surface area (TPSA) is 86.7 Å². The van der Waals surface area contributed by atoms with Crippen LogP contribution in [0.25, 0.3) is 5.69 Å². The summed E-state index contributed by atoms with van der Waals surface area (Å²) in [7, 11) is 0. The van der Waals surface area contributed by atoms with Crippen molar-refractivity contribution in [3.63, 3.8) is 0 Å². The van der Waals surface area contributed by atoms with Gasteiger partial charge in [-0.2, -0.15) is 10.2 Å². The molecular weight excluding hydrogens is 266 g/mol. The summed E-state index contributed by atoms with van der Waals surface area (Å²) in [6, 6.07) is 1.53. The second kappa shape index (κ2) is 3.73. The number of rotatable bonds is 2. The summed E-state index contributed by atoms with van der Waals surface area (Å²) in [5.41, 5.74) is 0.222. The maximum atomic E-state index is 10.7. The number of hydrogen-bond donors (Lipinski definition) is 0. The van der Waals surface area contributed by atoms with Crippen molar-refractivity contribution in [1.82, 2.24) is 20.0 Å². The zero-order valence-corrected chi connectivity index (χ0v) is 8.83. The van der Waals surface area contributed by atoms with Crippen LogP contribution in [0.2, 0.25) is 0 Å². The van der Waals surface area contributed by atoms with Crippen LogP contribution in [0.15, 0.2) is 29.1 Å². The molecule has 15 heavy (non-hydrogen) atoms. The third-order valence-corrected chi connectivity index (χ3v) is 2.05. The van der Waals surface area contributed by atoms with Gasteiger partial charge in [-0.05, 0) is 31.9 Å². The van der Waals surface area contributed by atoms with E-state index in [1.165, 1.54) is 24.7 Å². The first kappa shape index (κ1) is 9.71. The predicted molar refractivity (Wildman–Crippen MR) is 53.5 cm³/mol. The van der Waals surface area contributed by atoms with Gasteiger partial charge in [0.25, 0.3) is 0 Å². The Labute approximate surface area is 92.0 Å². The van der Waals surface area contributed by atoms with E-state index in [1.807, 2.05) is 0 Å². The van der Waals surface area contributed by atoms with Crippen molar-refractivity contribution in [3.05, 3.63) is 39.2 Å². The summed E-state index contributed by atoms with van der Waals surface area (Å²) in [6.07, 6.45) is 4.22. The van der Waals surface area contributed by atoms with Crippen LogP contribution in [0.3, 0.4) is 0 Å². The number of aromatic nitrogens is 4. The van der Waals surface area contributed by atoms with Gasteiger partial charge >= 0.3 is 5.82 Å². The molecule has 0 radical (unpaired) electrons. The average Bonchev–Trinajstić information content (AvgIpc) is 2.69. The fourth-order valence-electron chi connectivity index (χ4n) is 1.05. The Morgan fingerprint density at radius 3 is 2.67 bits per heavy atom. The molecule has 2 aromatic rings. The Hall–Kier alpha value is -1.83. The van der Waals surface area contributed by atoms with Crippen LogP contribution < -0.4 is 0 Å². The highest BCUT2D eigenvalue weighted by Crippen LogP contribution is 2.22. The first-order valence-corrected chi connectivity index (χ1v) is 4.64. The van der Waals surface area contributed by atoms with Crippen LogP contribution in [0.4, 0.5) is 5.82 Å². The van der Waals surface area contributed by atoms with Crippen molar-refractivity contribution in [1.29, 1.82) is 0 Å². The molecule has 7 nitrogen and oxygen atoms in total. The van der Waals surface area contributed by atoms with E-state index in [0.717, 1.165) is 4.80 Å². The van der Waals surface area contributed by atoms with Crippen molar-refractivity contribution in [2.75, 3.05) is 0 Å². The van der Waals surface area contributed by atoms with Gasteiger partial charge in [0.1, 0.15) is 0 Å². The van der Waals surface area contributed by atoms with Crippen molar-refractivity contribution in [2.45, 2.75) is 0 Å². The minimum Gasteiger partial charge on any atom is -0.358 e. The molecule has 0 aliphatic carbocycles. The molecule has 0 bridgehead atoms. The molecular formula is C7H4BrN5O2. The standard InChI is InChI=1S/C7H4BrN5O2/c8-5-3-6(12-10-1-2-11-12)7(9-4-5)13(14)15/h1-4H. The van der Waals surface area contributed by atoms with Gasteiger partial charge in [0.2, 0.25) is 0 Å². The maximum Gasteiger partial charge on any atom is 0.391 e. The van der Waals surface area contributed by atoms with Gasteiger partial charge in [0.15, 0.2) is 11.9 Å². The summed E-state index contributed by atoms with van der Waals surface area (Å²) in [5, 5.41) is 18.3. The van der Waals surface area contributed by atoms with Crippen LogP contribution in [-0.4, -0.2) is 24.9 Å². The minimum absolute atomic E-state index is 0.222. The molecule has 0 atom stereocenters. The van der Waals surface area contributed by atoms with E-state index in [-0.39, 0.29) is 11.5 Å². The largest absolute Gasteiger partial charge is 0.391 e. The van der Waals surface area contributed by atoms with E-state index in [0.29, 0.717) is 4.47 Å².